The van der Waals surface area contributed by atoms with E-state index < -0.39 is 6.10 Å². The molecule has 26 heavy (non-hydrogen) atoms. The molecule has 0 saturated carbocycles. The van der Waals surface area contributed by atoms with Gasteiger partial charge in [0.15, 0.2) is 0 Å². The zero-order valence-corrected chi connectivity index (χ0v) is 15.1. The van der Waals surface area contributed by atoms with Gasteiger partial charge in [-0.3, -0.25) is 9.48 Å². The van der Waals surface area contributed by atoms with Gasteiger partial charge in [-0.1, -0.05) is 0 Å². The minimum Gasteiger partial charge on any atom is -0.387 e. The van der Waals surface area contributed by atoms with Crippen molar-refractivity contribution >= 4 is 11.7 Å². The Hall–Kier alpha value is -2.41. The Balaban J connectivity index is 1.52. The number of hydrogen-bond donors (Lipinski definition) is 1. The quantitative estimate of drug-likeness (QED) is 0.911. The third kappa shape index (κ3) is 3.31. The van der Waals surface area contributed by atoms with Crippen molar-refractivity contribution in [3.05, 3.63) is 41.3 Å². The molecule has 2 aromatic heterocycles. The SMILES string of the molecule is C[C@@H](O)c1cc2n(n1)CCN(c1cc(C(=O)N3CCCCC3)ccn1)C2. The van der Waals surface area contributed by atoms with Gasteiger partial charge in [0.05, 0.1) is 30.6 Å². The number of amides is 1. The van der Waals surface area contributed by atoms with Crippen molar-refractivity contribution in [2.24, 2.45) is 0 Å². The Labute approximate surface area is 153 Å². The van der Waals surface area contributed by atoms with Crippen molar-refractivity contribution in [2.45, 2.75) is 45.4 Å². The van der Waals surface area contributed by atoms with Crippen molar-refractivity contribution in [1.82, 2.24) is 19.7 Å². The molecule has 7 nitrogen and oxygen atoms in total. The highest BCUT2D eigenvalue weighted by Gasteiger charge is 2.23. The Morgan fingerprint density at radius 3 is 2.73 bits per heavy atom. The molecular formula is C19H25N5O2. The number of rotatable bonds is 3. The minimum absolute atomic E-state index is 0.104. The number of fused-ring (bicyclic) bond motifs is 1. The zero-order valence-electron chi connectivity index (χ0n) is 15.1. The van der Waals surface area contributed by atoms with Gasteiger partial charge in [0, 0.05) is 31.4 Å². The maximum atomic E-state index is 12.7. The number of nitrogens with zero attached hydrogens (tertiary/aromatic N) is 5. The molecule has 4 heterocycles. The Kier molecular flexibility index (Phi) is 4.63. The fourth-order valence-electron chi connectivity index (χ4n) is 3.69. The highest BCUT2D eigenvalue weighted by molar-refractivity contribution is 5.94. The molecule has 1 N–H and O–H groups in total. The second kappa shape index (κ2) is 7.07. The van der Waals surface area contributed by atoms with Crippen molar-refractivity contribution in [2.75, 3.05) is 24.5 Å². The molecule has 0 radical (unpaired) electrons. The van der Waals surface area contributed by atoms with E-state index in [4.69, 9.17) is 0 Å². The topological polar surface area (TPSA) is 74.5 Å². The van der Waals surface area contributed by atoms with Crippen LogP contribution in [0.4, 0.5) is 5.82 Å². The van der Waals surface area contributed by atoms with E-state index in [0.717, 1.165) is 50.5 Å². The molecule has 1 fully saturated rings. The van der Waals surface area contributed by atoms with Gasteiger partial charge in [0.25, 0.3) is 5.91 Å². The second-order valence-corrected chi connectivity index (χ2v) is 7.14. The summed E-state index contributed by atoms with van der Waals surface area (Å²) in [6, 6.07) is 5.65. The van der Waals surface area contributed by atoms with Crippen molar-refractivity contribution < 1.29 is 9.90 Å². The van der Waals surface area contributed by atoms with E-state index in [1.807, 2.05) is 21.7 Å². The van der Waals surface area contributed by atoms with Crippen LogP contribution in [0, 0.1) is 0 Å². The van der Waals surface area contributed by atoms with Crippen LogP contribution in [0.3, 0.4) is 0 Å². The molecule has 1 saturated heterocycles. The number of aliphatic hydroxyl groups excluding tert-OH is 1. The third-order valence-electron chi connectivity index (χ3n) is 5.20. The lowest BCUT2D eigenvalue weighted by atomic mass is 10.1. The van der Waals surface area contributed by atoms with Crippen LogP contribution < -0.4 is 4.90 Å². The number of aromatic nitrogens is 3. The van der Waals surface area contributed by atoms with E-state index in [1.165, 1.54) is 6.42 Å². The lowest BCUT2D eigenvalue weighted by molar-refractivity contribution is 0.0724. The van der Waals surface area contributed by atoms with Crippen LogP contribution in [0.2, 0.25) is 0 Å². The van der Waals surface area contributed by atoms with E-state index in [9.17, 15) is 9.90 Å². The first-order valence-electron chi connectivity index (χ1n) is 9.37. The summed E-state index contributed by atoms with van der Waals surface area (Å²) in [4.78, 5) is 21.3. The summed E-state index contributed by atoms with van der Waals surface area (Å²) in [6.07, 6.45) is 4.54. The Morgan fingerprint density at radius 1 is 1.15 bits per heavy atom. The predicted molar refractivity (Wildman–Crippen MR) is 97.9 cm³/mol. The molecule has 7 heteroatoms. The molecule has 0 unspecified atom stereocenters. The maximum absolute atomic E-state index is 12.7. The molecule has 0 aromatic carbocycles. The van der Waals surface area contributed by atoms with Crippen LogP contribution in [0.25, 0.3) is 0 Å². The Bertz CT molecular complexity index is 795. The smallest absolute Gasteiger partial charge is 0.254 e. The van der Waals surface area contributed by atoms with E-state index in [0.29, 0.717) is 17.8 Å². The number of carbonyl (C=O) groups excluding carboxylic acids is 1. The minimum atomic E-state index is -0.565. The molecule has 4 rings (SSSR count). The van der Waals surface area contributed by atoms with Crippen LogP contribution in [-0.4, -0.2) is 50.3 Å². The molecule has 2 aromatic rings. The molecule has 0 bridgehead atoms. The van der Waals surface area contributed by atoms with Crippen LogP contribution in [0.5, 0.6) is 0 Å². The van der Waals surface area contributed by atoms with Crippen LogP contribution in [0.15, 0.2) is 24.4 Å². The maximum Gasteiger partial charge on any atom is 0.254 e. The standard InChI is InChI=1S/C19H25N5O2/c1-14(25)17-12-16-13-23(9-10-24(16)21-17)18-11-15(5-6-20-18)19(26)22-7-3-2-4-8-22/h5-6,11-12,14,25H,2-4,7-10,13H2,1H3/t14-/m1/s1. The molecular weight excluding hydrogens is 330 g/mol. The molecule has 0 spiro atoms. The summed E-state index contributed by atoms with van der Waals surface area (Å²) < 4.78 is 1.95. The Morgan fingerprint density at radius 2 is 1.96 bits per heavy atom. The first kappa shape index (κ1) is 17.0. The number of carbonyl (C=O) groups is 1. The van der Waals surface area contributed by atoms with Crippen LogP contribution in [0.1, 0.15) is 54.0 Å². The van der Waals surface area contributed by atoms with E-state index >= 15 is 0 Å². The predicted octanol–water partition coefficient (Wildman–Crippen LogP) is 1.98. The van der Waals surface area contributed by atoms with Crippen molar-refractivity contribution in [3.63, 3.8) is 0 Å². The van der Waals surface area contributed by atoms with Crippen molar-refractivity contribution in [1.29, 1.82) is 0 Å². The van der Waals surface area contributed by atoms with E-state index in [2.05, 4.69) is 15.0 Å². The first-order chi connectivity index (χ1) is 12.6. The van der Waals surface area contributed by atoms with Gasteiger partial charge in [-0.05, 0) is 44.4 Å². The average Bonchev–Trinajstić information content (AvgIpc) is 3.12. The van der Waals surface area contributed by atoms with Crippen LogP contribution in [-0.2, 0) is 13.1 Å². The van der Waals surface area contributed by atoms with Gasteiger partial charge >= 0.3 is 0 Å². The largest absolute Gasteiger partial charge is 0.387 e. The summed E-state index contributed by atoms with van der Waals surface area (Å²) in [7, 11) is 0. The van der Waals surface area contributed by atoms with E-state index in [1.54, 1.807) is 19.2 Å². The molecule has 2 aliphatic heterocycles. The summed E-state index contributed by atoms with van der Waals surface area (Å²) in [5.41, 5.74) is 2.46. The van der Waals surface area contributed by atoms with Gasteiger partial charge in [-0.25, -0.2) is 4.98 Å². The summed E-state index contributed by atoms with van der Waals surface area (Å²) >= 11 is 0. The normalized spacial score (nSPS) is 18.5. The number of hydrogen-bond acceptors (Lipinski definition) is 5. The first-order valence-corrected chi connectivity index (χ1v) is 9.37. The highest BCUT2D eigenvalue weighted by atomic mass is 16.3. The van der Waals surface area contributed by atoms with Gasteiger partial charge in [-0.2, -0.15) is 5.10 Å². The molecule has 1 amide bonds. The van der Waals surface area contributed by atoms with Gasteiger partial charge in [0.1, 0.15) is 5.82 Å². The van der Waals surface area contributed by atoms with Crippen LogP contribution >= 0.6 is 0 Å². The van der Waals surface area contributed by atoms with Gasteiger partial charge in [0.2, 0.25) is 0 Å². The number of pyridine rings is 1. The highest BCUT2D eigenvalue weighted by Crippen LogP contribution is 2.23. The summed E-state index contributed by atoms with van der Waals surface area (Å²) in [6.45, 7) is 5.62. The summed E-state index contributed by atoms with van der Waals surface area (Å²) in [5.74, 6) is 0.922. The summed E-state index contributed by atoms with van der Waals surface area (Å²) in [5, 5.41) is 14.2. The third-order valence-corrected chi connectivity index (χ3v) is 5.20. The average molecular weight is 355 g/mol. The number of anilines is 1. The zero-order chi connectivity index (χ0) is 18.1. The molecule has 2 aliphatic rings. The number of likely N-dealkylation sites (tertiary alicyclic amines) is 1. The fraction of sp³-hybridized carbons (Fsp3) is 0.526. The van der Waals surface area contributed by atoms with Gasteiger partial charge in [-0.15, -0.1) is 0 Å². The molecule has 1 atom stereocenters. The second-order valence-electron chi connectivity index (χ2n) is 7.14. The fourth-order valence-corrected chi connectivity index (χ4v) is 3.69. The monoisotopic (exact) mass is 355 g/mol. The van der Waals surface area contributed by atoms with E-state index in [-0.39, 0.29) is 5.91 Å². The lowest BCUT2D eigenvalue weighted by Gasteiger charge is -2.30. The number of piperidine rings is 1. The molecule has 138 valence electrons. The lowest BCUT2D eigenvalue weighted by Crippen LogP contribution is -2.36. The molecule has 0 aliphatic carbocycles. The number of aliphatic hydroxyl groups is 1. The van der Waals surface area contributed by atoms with Gasteiger partial charge < -0.3 is 14.9 Å². The van der Waals surface area contributed by atoms with Crippen molar-refractivity contribution in [3.8, 4) is 0 Å².